The second-order valence-electron chi connectivity index (χ2n) is 6.80. The van der Waals surface area contributed by atoms with Gasteiger partial charge in [-0.05, 0) is 67.0 Å². The van der Waals surface area contributed by atoms with Crippen LogP contribution in [-0.2, 0) is 20.8 Å². The van der Waals surface area contributed by atoms with Gasteiger partial charge in [-0.15, -0.1) is 0 Å². The molecule has 9 heteroatoms. The first-order valence-electron chi connectivity index (χ1n) is 9.95. The van der Waals surface area contributed by atoms with Gasteiger partial charge in [0.05, 0.1) is 12.3 Å². The normalized spacial score (nSPS) is 15.0. The topological polar surface area (TPSA) is 105 Å². The lowest BCUT2D eigenvalue weighted by atomic mass is 10.1. The van der Waals surface area contributed by atoms with E-state index in [9.17, 15) is 14.4 Å². The molecule has 0 aliphatic carbocycles. The van der Waals surface area contributed by atoms with E-state index in [4.69, 9.17) is 26.8 Å². The van der Waals surface area contributed by atoms with Crippen molar-refractivity contribution in [2.45, 2.75) is 20.3 Å². The van der Waals surface area contributed by atoms with Gasteiger partial charge in [-0.25, -0.2) is 4.79 Å². The molecule has 0 spiro atoms. The summed E-state index contributed by atoms with van der Waals surface area (Å²) in [5.74, 6) is -1.73. The first-order valence-corrected chi connectivity index (χ1v) is 10.4. The van der Waals surface area contributed by atoms with Crippen LogP contribution in [0.3, 0.4) is 0 Å². The van der Waals surface area contributed by atoms with Crippen molar-refractivity contribution in [1.82, 2.24) is 5.32 Å². The van der Waals surface area contributed by atoms with E-state index in [-0.39, 0.29) is 16.4 Å². The molecule has 2 aromatic carbocycles. The SMILES string of the molecule is CCOc1cc(C=C2C(=O)NC(=S)N(c3ccc(CC)cc3)C2=O)ccc1OCC(=O)O. The van der Waals surface area contributed by atoms with Gasteiger partial charge in [0.25, 0.3) is 11.8 Å². The molecule has 1 fully saturated rings. The maximum atomic E-state index is 13.1. The number of hydrogen-bond donors (Lipinski definition) is 2. The van der Waals surface area contributed by atoms with Gasteiger partial charge in [0.2, 0.25) is 0 Å². The van der Waals surface area contributed by atoms with Gasteiger partial charge in [0, 0.05) is 0 Å². The summed E-state index contributed by atoms with van der Waals surface area (Å²) in [4.78, 5) is 37.7. The van der Waals surface area contributed by atoms with Crippen molar-refractivity contribution in [3.8, 4) is 11.5 Å². The number of aryl methyl sites for hydroxylation is 1. The van der Waals surface area contributed by atoms with E-state index in [0.29, 0.717) is 23.6 Å². The predicted octanol–water partition coefficient (Wildman–Crippen LogP) is 2.94. The van der Waals surface area contributed by atoms with E-state index in [1.54, 1.807) is 31.2 Å². The molecule has 2 aromatic rings. The Labute approximate surface area is 190 Å². The number of amides is 2. The molecule has 8 nitrogen and oxygen atoms in total. The highest BCUT2D eigenvalue weighted by Gasteiger charge is 2.34. The number of carbonyl (C=O) groups is 3. The van der Waals surface area contributed by atoms with E-state index in [0.717, 1.165) is 12.0 Å². The number of benzene rings is 2. The minimum Gasteiger partial charge on any atom is -0.490 e. The van der Waals surface area contributed by atoms with Crippen LogP contribution in [-0.4, -0.2) is 41.2 Å². The van der Waals surface area contributed by atoms with Crippen molar-refractivity contribution in [3.63, 3.8) is 0 Å². The van der Waals surface area contributed by atoms with E-state index >= 15 is 0 Å². The van der Waals surface area contributed by atoms with E-state index < -0.39 is 24.4 Å². The zero-order chi connectivity index (χ0) is 23.3. The van der Waals surface area contributed by atoms with Gasteiger partial charge in [0.1, 0.15) is 5.57 Å². The standard InChI is InChI=1S/C23H22N2O6S/c1-3-14-5-8-16(9-6-14)25-22(29)17(21(28)24-23(25)32)11-15-7-10-18(31-13-20(26)27)19(12-15)30-4-2/h5-12H,3-4,13H2,1-2H3,(H,26,27)(H,24,28,32). The Balaban J connectivity index is 1.94. The van der Waals surface area contributed by atoms with Crippen molar-refractivity contribution in [2.24, 2.45) is 0 Å². The lowest BCUT2D eigenvalue weighted by Gasteiger charge is -2.29. The number of ether oxygens (including phenoxy) is 2. The third-order valence-corrected chi connectivity index (χ3v) is 4.92. The number of carbonyl (C=O) groups excluding carboxylic acids is 2. The molecule has 1 saturated heterocycles. The van der Waals surface area contributed by atoms with Crippen LogP contribution in [0.1, 0.15) is 25.0 Å². The highest BCUT2D eigenvalue weighted by Crippen LogP contribution is 2.30. The quantitative estimate of drug-likeness (QED) is 0.359. The summed E-state index contributed by atoms with van der Waals surface area (Å²) in [6.07, 6.45) is 2.28. The number of carboxylic acid groups (broad SMARTS) is 1. The summed E-state index contributed by atoms with van der Waals surface area (Å²) in [5, 5.41) is 11.4. The Morgan fingerprint density at radius 1 is 1.09 bits per heavy atom. The summed E-state index contributed by atoms with van der Waals surface area (Å²) < 4.78 is 10.7. The maximum absolute atomic E-state index is 13.1. The summed E-state index contributed by atoms with van der Waals surface area (Å²) in [7, 11) is 0. The number of rotatable bonds is 8. The molecular formula is C23H22N2O6S. The average molecular weight is 455 g/mol. The molecule has 0 atom stereocenters. The molecule has 32 heavy (non-hydrogen) atoms. The van der Waals surface area contributed by atoms with Gasteiger partial charge in [-0.2, -0.15) is 0 Å². The predicted molar refractivity (Wildman–Crippen MR) is 123 cm³/mol. The number of thiocarbonyl (C=S) groups is 1. The van der Waals surface area contributed by atoms with Crippen molar-refractivity contribution >= 4 is 46.9 Å². The number of carboxylic acids is 1. The molecule has 0 saturated carbocycles. The highest BCUT2D eigenvalue weighted by molar-refractivity contribution is 7.80. The monoisotopic (exact) mass is 454 g/mol. The third kappa shape index (κ3) is 5.12. The summed E-state index contributed by atoms with van der Waals surface area (Å²) in [6.45, 7) is 3.59. The Bertz CT molecular complexity index is 1090. The maximum Gasteiger partial charge on any atom is 0.341 e. The average Bonchev–Trinajstić information content (AvgIpc) is 2.76. The van der Waals surface area contributed by atoms with Gasteiger partial charge in [0.15, 0.2) is 23.2 Å². The number of nitrogens with zero attached hydrogens (tertiary/aromatic N) is 1. The fourth-order valence-electron chi connectivity index (χ4n) is 3.08. The number of anilines is 1. The lowest BCUT2D eigenvalue weighted by molar-refractivity contribution is -0.139. The first kappa shape index (κ1) is 23.0. The smallest absolute Gasteiger partial charge is 0.341 e. The van der Waals surface area contributed by atoms with Crippen molar-refractivity contribution < 1.29 is 29.0 Å². The molecule has 2 amide bonds. The van der Waals surface area contributed by atoms with Crippen LogP contribution in [0.4, 0.5) is 5.69 Å². The molecule has 0 aromatic heterocycles. The molecule has 1 aliphatic rings. The highest BCUT2D eigenvalue weighted by atomic mass is 32.1. The van der Waals surface area contributed by atoms with Crippen molar-refractivity contribution in [2.75, 3.05) is 18.1 Å². The summed E-state index contributed by atoms with van der Waals surface area (Å²) >= 11 is 5.23. The van der Waals surface area contributed by atoms with Crippen LogP contribution in [0.2, 0.25) is 0 Å². The summed E-state index contributed by atoms with van der Waals surface area (Å²) in [5.41, 5.74) is 2.07. The molecule has 0 radical (unpaired) electrons. The van der Waals surface area contributed by atoms with Crippen LogP contribution < -0.4 is 19.7 Å². The third-order valence-electron chi connectivity index (χ3n) is 4.63. The molecule has 1 heterocycles. The lowest BCUT2D eigenvalue weighted by Crippen LogP contribution is -2.54. The first-order chi connectivity index (χ1) is 15.3. The van der Waals surface area contributed by atoms with Gasteiger partial charge < -0.3 is 14.6 Å². The zero-order valence-corrected chi connectivity index (χ0v) is 18.4. The Kier molecular flexibility index (Phi) is 7.21. The fraction of sp³-hybridized carbons (Fsp3) is 0.217. The van der Waals surface area contributed by atoms with Crippen LogP contribution in [0.5, 0.6) is 11.5 Å². The molecular weight excluding hydrogens is 432 g/mol. The van der Waals surface area contributed by atoms with Crippen LogP contribution >= 0.6 is 12.2 Å². The Hall–Kier alpha value is -3.72. The molecule has 166 valence electrons. The largest absolute Gasteiger partial charge is 0.490 e. The minimum absolute atomic E-state index is 0.00817. The fourth-order valence-corrected chi connectivity index (χ4v) is 3.36. The van der Waals surface area contributed by atoms with Gasteiger partial charge in [-0.1, -0.05) is 25.1 Å². The second-order valence-corrected chi connectivity index (χ2v) is 7.19. The molecule has 0 bridgehead atoms. The summed E-state index contributed by atoms with van der Waals surface area (Å²) in [6, 6.07) is 12.0. The molecule has 3 rings (SSSR count). The molecule has 0 unspecified atom stereocenters. The van der Waals surface area contributed by atoms with E-state index in [1.165, 1.54) is 17.0 Å². The molecule has 1 aliphatic heterocycles. The van der Waals surface area contributed by atoms with Gasteiger partial charge in [-0.3, -0.25) is 19.8 Å². The van der Waals surface area contributed by atoms with Crippen LogP contribution in [0.15, 0.2) is 48.0 Å². The van der Waals surface area contributed by atoms with E-state index in [2.05, 4.69) is 5.32 Å². The Morgan fingerprint density at radius 3 is 2.44 bits per heavy atom. The van der Waals surface area contributed by atoms with Crippen LogP contribution in [0, 0.1) is 0 Å². The number of nitrogens with one attached hydrogen (secondary N) is 1. The van der Waals surface area contributed by atoms with Crippen LogP contribution in [0.25, 0.3) is 6.08 Å². The second kappa shape index (κ2) is 10.1. The van der Waals surface area contributed by atoms with E-state index in [1.807, 2.05) is 19.1 Å². The van der Waals surface area contributed by atoms with Crippen molar-refractivity contribution in [3.05, 3.63) is 59.2 Å². The number of aliphatic carboxylic acids is 1. The zero-order valence-electron chi connectivity index (χ0n) is 17.6. The van der Waals surface area contributed by atoms with Crippen molar-refractivity contribution in [1.29, 1.82) is 0 Å². The number of hydrogen-bond acceptors (Lipinski definition) is 6. The molecule has 2 N–H and O–H groups in total. The minimum atomic E-state index is -1.12. The van der Waals surface area contributed by atoms with Gasteiger partial charge >= 0.3 is 5.97 Å². The Morgan fingerprint density at radius 2 is 1.81 bits per heavy atom.